The van der Waals surface area contributed by atoms with E-state index in [9.17, 15) is 9.18 Å². The van der Waals surface area contributed by atoms with E-state index >= 15 is 0 Å². The van der Waals surface area contributed by atoms with Gasteiger partial charge in [-0.2, -0.15) is 0 Å². The predicted octanol–water partition coefficient (Wildman–Crippen LogP) is 1.99. The maximum absolute atomic E-state index is 13.0. The van der Waals surface area contributed by atoms with E-state index < -0.39 is 11.7 Å². The summed E-state index contributed by atoms with van der Waals surface area (Å²) in [6, 6.07) is 8.08. The van der Waals surface area contributed by atoms with Crippen LogP contribution in [-0.2, 0) is 0 Å². The Kier molecular flexibility index (Phi) is 2.64. The Morgan fingerprint density at radius 3 is 2.69 bits per heavy atom. The van der Waals surface area contributed by atoms with E-state index in [1.54, 1.807) is 24.3 Å². The first kappa shape index (κ1) is 10.3. The smallest absolute Gasteiger partial charge is 0.249 e. The molecule has 0 spiro atoms. The number of primary amides is 1. The molecule has 0 radical (unpaired) electrons. The number of aromatic nitrogens is 1. The molecule has 2 aromatic rings. The fourth-order valence-corrected chi connectivity index (χ4v) is 1.51. The quantitative estimate of drug-likeness (QED) is 0.834. The highest BCUT2D eigenvalue weighted by Crippen LogP contribution is 2.22. The van der Waals surface area contributed by atoms with Crippen molar-refractivity contribution in [1.82, 2.24) is 4.98 Å². The molecule has 0 aliphatic rings. The van der Waals surface area contributed by atoms with Crippen molar-refractivity contribution in [3.05, 3.63) is 54.1 Å². The van der Waals surface area contributed by atoms with E-state index in [-0.39, 0.29) is 0 Å². The van der Waals surface area contributed by atoms with Crippen LogP contribution in [0, 0.1) is 5.82 Å². The zero-order valence-corrected chi connectivity index (χ0v) is 8.35. The molecule has 1 amide bonds. The first-order chi connectivity index (χ1) is 7.68. The van der Waals surface area contributed by atoms with Gasteiger partial charge in [-0.1, -0.05) is 18.2 Å². The third-order valence-electron chi connectivity index (χ3n) is 2.21. The van der Waals surface area contributed by atoms with Gasteiger partial charge in [0.15, 0.2) is 0 Å². The van der Waals surface area contributed by atoms with Crippen molar-refractivity contribution < 1.29 is 9.18 Å². The first-order valence-electron chi connectivity index (χ1n) is 4.68. The second-order valence-corrected chi connectivity index (χ2v) is 3.30. The van der Waals surface area contributed by atoms with Gasteiger partial charge in [-0.05, 0) is 17.7 Å². The molecule has 0 aliphatic heterocycles. The number of hydrogen-bond donors (Lipinski definition) is 1. The van der Waals surface area contributed by atoms with Gasteiger partial charge in [0.05, 0.1) is 6.20 Å². The summed E-state index contributed by atoms with van der Waals surface area (Å²) < 4.78 is 13.0. The average molecular weight is 216 g/mol. The van der Waals surface area contributed by atoms with Crippen LogP contribution >= 0.6 is 0 Å². The molecule has 0 fully saturated rings. The third-order valence-corrected chi connectivity index (χ3v) is 2.21. The van der Waals surface area contributed by atoms with Crippen molar-refractivity contribution in [3.8, 4) is 11.1 Å². The molecule has 1 aromatic carbocycles. The van der Waals surface area contributed by atoms with Crippen LogP contribution in [0.4, 0.5) is 4.39 Å². The molecule has 2 rings (SSSR count). The number of rotatable bonds is 2. The van der Waals surface area contributed by atoms with E-state index in [0.29, 0.717) is 16.7 Å². The SMILES string of the molecule is NC(=O)c1ccccc1-c1cncc(F)c1. The molecular weight excluding hydrogens is 207 g/mol. The Balaban J connectivity index is 2.60. The van der Waals surface area contributed by atoms with Crippen molar-refractivity contribution >= 4 is 5.91 Å². The molecule has 0 saturated carbocycles. The molecule has 0 saturated heterocycles. The molecule has 4 heteroatoms. The van der Waals surface area contributed by atoms with E-state index in [2.05, 4.69) is 4.98 Å². The molecule has 1 heterocycles. The monoisotopic (exact) mass is 216 g/mol. The number of benzene rings is 1. The Hall–Kier alpha value is -2.23. The summed E-state index contributed by atoms with van der Waals surface area (Å²) in [5.41, 5.74) is 6.71. The zero-order chi connectivity index (χ0) is 11.5. The highest BCUT2D eigenvalue weighted by Gasteiger charge is 2.09. The van der Waals surface area contributed by atoms with Crippen LogP contribution in [-0.4, -0.2) is 10.9 Å². The van der Waals surface area contributed by atoms with Gasteiger partial charge < -0.3 is 5.73 Å². The Morgan fingerprint density at radius 2 is 2.00 bits per heavy atom. The molecule has 1 aromatic heterocycles. The lowest BCUT2D eigenvalue weighted by Gasteiger charge is -2.05. The number of carbonyl (C=O) groups excluding carboxylic acids is 1. The topological polar surface area (TPSA) is 56.0 Å². The largest absolute Gasteiger partial charge is 0.366 e. The Morgan fingerprint density at radius 1 is 1.25 bits per heavy atom. The molecule has 3 nitrogen and oxygen atoms in total. The molecule has 0 bridgehead atoms. The third kappa shape index (κ3) is 1.91. The number of carbonyl (C=O) groups is 1. The maximum Gasteiger partial charge on any atom is 0.249 e. The predicted molar refractivity (Wildman–Crippen MR) is 58.1 cm³/mol. The van der Waals surface area contributed by atoms with Crippen molar-refractivity contribution in [2.24, 2.45) is 5.73 Å². The van der Waals surface area contributed by atoms with Crippen molar-refractivity contribution in [3.63, 3.8) is 0 Å². The van der Waals surface area contributed by atoms with Crippen LogP contribution in [0.5, 0.6) is 0 Å². The van der Waals surface area contributed by atoms with Gasteiger partial charge in [-0.15, -0.1) is 0 Å². The lowest BCUT2D eigenvalue weighted by Crippen LogP contribution is -2.12. The van der Waals surface area contributed by atoms with E-state index in [1.165, 1.54) is 12.3 Å². The van der Waals surface area contributed by atoms with E-state index in [1.807, 2.05) is 0 Å². The number of nitrogens with zero attached hydrogens (tertiary/aromatic N) is 1. The van der Waals surface area contributed by atoms with Crippen molar-refractivity contribution in [1.29, 1.82) is 0 Å². The van der Waals surface area contributed by atoms with Gasteiger partial charge in [0.1, 0.15) is 5.82 Å². The molecule has 2 N–H and O–H groups in total. The average Bonchev–Trinajstić information content (AvgIpc) is 2.29. The maximum atomic E-state index is 13.0. The minimum atomic E-state index is -0.542. The number of nitrogens with two attached hydrogens (primary N) is 1. The zero-order valence-electron chi connectivity index (χ0n) is 8.35. The minimum Gasteiger partial charge on any atom is -0.366 e. The lowest BCUT2D eigenvalue weighted by molar-refractivity contribution is 0.100. The van der Waals surface area contributed by atoms with Crippen molar-refractivity contribution in [2.45, 2.75) is 0 Å². The first-order valence-corrected chi connectivity index (χ1v) is 4.68. The summed E-state index contributed by atoms with van der Waals surface area (Å²) in [5.74, 6) is -0.989. The van der Waals surface area contributed by atoms with Crippen LogP contribution in [0.15, 0.2) is 42.7 Å². The molecule has 16 heavy (non-hydrogen) atoms. The van der Waals surface area contributed by atoms with Gasteiger partial charge in [-0.3, -0.25) is 9.78 Å². The normalized spacial score (nSPS) is 10.1. The lowest BCUT2D eigenvalue weighted by atomic mass is 10.0. The second-order valence-electron chi connectivity index (χ2n) is 3.30. The minimum absolute atomic E-state index is 0.356. The van der Waals surface area contributed by atoms with Crippen LogP contribution in [0.2, 0.25) is 0 Å². The summed E-state index contributed by atoms with van der Waals surface area (Å²) in [5, 5.41) is 0. The summed E-state index contributed by atoms with van der Waals surface area (Å²) in [7, 11) is 0. The van der Waals surface area contributed by atoms with Crippen LogP contribution < -0.4 is 5.73 Å². The molecule has 0 atom stereocenters. The van der Waals surface area contributed by atoms with Crippen LogP contribution in [0.3, 0.4) is 0 Å². The number of hydrogen-bond acceptors (Lipinski definition) is 2. The molecular formula is C12H9FN2O. The molecule has 80 valence electrons. The van der Waals surface area contributed by atoms with E-state index in [4.69, 9.17) is 5.73 Å². The fourth-order valence-electron chi connectivity index (χ4n) is 1.51. The Bertz CT molecular complexity index is 540. The summed E-state index contributed by atoms with van der Waals surface area (Å²) in [4.78, 5) is 14.9. The van der Waals surface area contributed by atoms with Crippen LogP contribution in [0.1, 0.15) is 10.4 Å². The fraction of sp³-hybridized carbons (Fsp3) is 0. The van der Waals surface area contributed by atoms with Gasteiger partial charge >= 0.3 is 0 Å². The Labute approximate surface area is 91.7 Å². The van der Waals surface area contributed by atoms with E-state index in [0.717, 1.165) is 6.20 Å². The van der Waals surface area contributed by atoms with Gasteiger partial charge in [0.2, 0.25) is 5.91 Å². The molecule has 0 aliphatic carbocycles. The second kappa shape index (κ2) is 4.10. The number of pyridine rings is 1. The highest BCUT2D eigenvalue weighted by molar-refractivity contribution is 5.99. The summed E-state index contributed by atoms with van der Waals surface area (Å²) in [6.45, 7) is 0. The number of halogens is 1. The van der Waals surface area contributed by atoms with Crippen molar-refractivity contribution in [2.75, 3.05) is 0 Å². The van der Waals surface area contributed by atoms with Gasteiger partial charge in [-0.25, -0.2) is 4.39 Å². The number of amides is 1. The molecule has 0 unspecified atom stereocenters. The summed E-state index contributed by atoms with van der Waals surface area (Å²) in [6.07, 6.45) is 2.60. The van der Waals surface area contributed by atoms with Gasteiger partial charge in [0.25, 0.3) is 0 Å². The van der Waals surface area contributed by atoms with Crippen LogP contribution in [0.25, 0.3) is 11.1 Å². The highest BCUT2D eigenvalue weighted by atomic mass is 19.1. The van der Waals surface area contributed by atoms with Gasteiger partial charge in [0, 0.05) is 17.3 Å². The standard InChI is InChI=1S/C12H9FN2O/c13-9-5-8(6-15-7-9)10-3-1-2-4-11(10)12(14)16/h1-7H,(H2,14,16). The summed E-state index contributed by atoms with van der Waals surface area (Å²) >= 11 is 0.